The van der Waals surface area contributed by atoms with Crippen LogP contribution in [0.25, 0.3) is 0 Å². The largest absolute Gasteiger partial charge is 0.385 e. The molecule has 0 aliphatic carbocycles. The molecule has 1 unspecified atom stereocenters. The van der Waals surface area contributed by atoms with Crippen LogP contribution in [0, 0.1) is 5.92 Å². The van der Waals surface area contributed by atoms with Crippen molar-refractivity contribution < 1.29 is 0 Å². The maximum atomic E-state index is 5.84. The van der Waals surface area contributed by atoms with Crippen LogP contribution >= 0.6 is 11.6 Å². The van der Waals surface area contributed by atoms with Crippen molar-refractivity contribution in [3.8, 4) is 0 Å². The summed E-state index contributed by atoms with van der Waals surface area (Å²) < 4.78 is 0. The summed E-state index contributed by atoms with van der Waals surface area (Å²) in [6.07, 6.45) is 1.20. The Labute approximate surface area is 91.5 Å². The van der Waals surface area contributed by atoms with Gasteiger partial charge in [-0.15, -0.1) is 11.6 Å². The van der Waals surface area contributed by atoms with E-state index in [4.69, 9.17) is 11.6 Å². The smallest absolute Gasteiger partial charge is 0.0494 e. The van der Waals surface area contributed by atoms with Gasteiger partial charge in [0.05, 0.1) is 0 Å². The topological polar surface area (TPSA) is 12.0 Å². The zero-order chi connectivity index (χ0) is 10.4. The third-order valence-corrected chi connectivity index (χ3v) is 2.79. The lowest BCUT2D eigenvalue weighted by atomic mass is 10.1. The Morgan fingerprint density at radius 1 is 1.36 bits per heavy atom. The summed E-state index contributed by atoms with van der Waals surface area (Å²) in [6.45, 7) is 5.47. The molecule has 1 nitrogen and oxygen atoms in total. The SMILES string of the molecule is CCC(C)CNc1ccccc1CCl. The van der Waals surface area contributed by atoms with E-state index >= 15 is 0 Å². The number of rotatable bonds is 5. The molecule has 0 bridgehead atoms. The lowest BCUT2D eigenvalue weighted by Gasteiger charge is -2.13. The first-order valence-corrected chi connectivity index (χ1v) is 5.69. The molecule has 0 aliphatic heterocycles. The molecule has 2 heteroatoms. The van der Waals surface area contributed by atoms with Gasteiger partial charge < -0.3 is 5.32 Å². The van der Waals surface area contributed by atoms with Gasteiger partial charge in [-0.3, -0.25) is 0 Å². The second kappa shape index (κ2) is 5.92. The van der Waals surface area contributed by atoms with Crippen LogP contribution in [0.5, 0.6) is 0 Å². The number of para-hydroxylation sites is 1. The zero-order valence-electron chi connectivity index (χ0n) is 8.89. The van der Waals surface area contributed by atoms with Crippen LogP contribution in [0.1, 0.15) is 25.8 Å². The Bertz CT molecular complexity index is 273. The molecular formula is C12H18ClN. The third-order valence-electron chi connectivity index (χ3n) is 2.50. The highest BCUT2D eigenvalue weighted by molar-refractivity contribution is 6.17. The average molecular weight is 212 g/mol. The van der Waals surface area contributed by atoms with Crippen LogP contribution in [-0.2, 0) is 5.88 Å². The highest BCUT2D eigenvalue weighted by atomic mass is 35.5. The van der Waals surface area contributed by atoms with Gasteiger partial charge in [-0.2, -0.15) is 0 Å². The fraction of sp³-hybridized carbons (Fsp3) is 0.500. The molecule has 0 radical (unpaired) electrons. The Hall–Kier alpha value is -0.690. The lowest BCUT2D eigenvalue weighted by molar-refractivity contribution is 0.593. The number of anilines is 1. The van der Waals surface area contributed by atoms with Gasteiger partial charge in [0.2, 0.25) is 0 Å². The Morgan fingerprint density at radius 2 is 2.07 bits per heavy atom. The average Bonchev–Trinajstić information content (AvgIpc) is 2.26. The van der Waals surface area contributed by atoms with Crippen LogP contribution in [0.3, 0.4) is 0 Å². The first-order chi connectivity index (χ1) is 6.77. The van der Waals surface area contributed by atoms with E-state index in [9.17, 15) is 0 Å². The fourth-order valence-corrected chi connectivity index (χ4v) is 1.47. The third kappa shape index (κ3) is 3.22. The van der Waals surface area contributed by atoms with Gasteiger partial charge >= 0.3 is 0 Å². The Balaban J connectivity index is 2.57. The molecule has 0 amide bonds. The number of hydrogen-bond acceptors (Lipinski definition) is 1. The molecule has 0 saturated heterocycles. The van der Waals surface area contributed by atoms with Gasteiger partial charge in [-0.25, -0.2) is 0 Å². The molecule has 0 heterocycles. The minimum Gasteiger partial charge on any atom is -0.385 e. The molecule has 0 aliphatic rings. The molecule has 0 fully saturated rings. The number of nitrogens with one attached hydrogen (secondary N) is 1. The zero-order valence-corrected chi connectivity index (χ0v) is 9.64. The minimum absolute atomic E-state index is 0.573. The minimum atomic E-state index is 0.573. The van der Waals surface area contributed by atoms with Crippen molar-refractivity contribution >= 4 is 17.3 Å². The molecule has 1 atom stereocenters. The number of hydrogen-bond donors (Lipinski definition) is 1. The van der Waals surface area contributed by atoms with Gasteiger partial charge in [0, 0.05) is 18.1 Å². The molecule has 0 saturated carbocycles. The highest BCUT2D eigenvalue weighted by Crippen LogP contribution is 2.17. The van der Waals surface area contributed by atoms with Crippen LogP contribution in [0.4, 0.5) is 5.69 Å². The van der Waals surface area contributed by atoms with Crippen LogP contribution < -0.4 is 5.32 Å². The van der Waals surface area contributed by atoms with Crippen molar-refractivity contribution in [2.75, 3.05) is 11.9 Å². The summed E-state index contributed by atoms with van der Waals surface area (Å²) in [5.74, 6) is 1.28. The van der Waals surface area contributed by atoms with E-state index in [1.807, 2.05) is 12.1 Å². The molecule has 1 aromatic rings. The summed E-state index contributed by atoms with van der Waals surface area (Å²) in [4.78, 5) is 0. The van der Waals surface area contributed by atoms with E-state index in [1.54, 1.807) is 0 Å². The summed E-state index contributed by atoms with van der Waals surface area (Å²) in [7, 11) is 0. The summed E-state index contributed by atoms with van der Waals surface area (Å²) in [5.41, 5.74) is 2.35. The maximum Gasteiger partial charge on any atom is 0.0494 e. The van der Waals surface area contributed by atoms with E-state index in [1.165, 1.54) is 17.7 Å². The normalized spacial score (nSPS) is 12.5. The molecule has 0 spiro atoms. The van der Waals surface area contributed by atoms with Gasteiger partial charge in [-0.1, -0.05) is 38.5 Å². The summed E-state index contributed by atoms with van der Waals surface area (Å²) in [6, 6.07) is 8.20. The van der Waals surface area contributed by atoms with Crippen molar-refractivity contribution in [1.82, 2.24) is 0 Å². The number of halogens is 1. The molecule has 78 valence electrons. The Morgan fingerprint density at radius 3 is 2.71 bits per heavy atom. The first kappa shape index (κ1) is 11.4. The molecule has 1 rings (SSSR count). The number of alkyl halides is 1. The monoisotopic (exact) mass is 211 g/mol. The van der Waals surface area contributed by atoms with Gasteiger partial charge in [-0.05, 0) is 17.5 Å². The standard InChI is InChI=1S/C12H18ClN/c1-3-10(2)9-14-12-7-5-4-6-11(12)8-13/h4-7,10,14H,3,8-9H2,1-2H3. The lowest BCUT2D eigenvalue weighted by Crippen LogP contribution is -2.11. The predicted octanol–water partition coefficient (Wildman–Crippen LogP) is 3.88. The molecule has 0 aromatic heterocycles. The van der Waals surface area contributed by atoms with Crippen LogP contribution in [0.15, 0.2) is 24.3 Å². The fourth-order valence-electron chi connectivity index (χ4n) is 1.24. The second-order valence-corrected chi connectivity index (χ2v) is 3.95. The maximum absolute atomic E-state index is 5.84. The highest BCUT2D eigenvalue weighted by Gasteiger charge is 2.01. The quantitative estimate of drug-likeness (QED) is 0.729. The summed E-state index contributed by atoms with van der Waals surface area (Å²) in [5, 5.41) is 3.43. The van der Waals surface area contributed by atoms with E-state index in [0.717, 1.165) is 6.54 Å². The molecular weight excluding hydrogens is 194 g/mol. The van der Waals surface area contributed by atoms with Crippen molar-refractivity contribution in [2.45, 2.75) is 26.1 Å². The van der Waals surface area contributed by atoms with Crippen molar-refractivity contribution in [1.29, 1.82) is 0 Å². The van der Waals surface area contributed by atoms with Crippen LogP contribution in [0.2, 0.25) is 0 Å². The van der Waals surface area contributed by atoms with Crippen LogP contribution in [-0.4, -0.2) is 6.54 Å². The summed E-state index contributed by atoms with van der Waals surface area (Å²) >= 11 is 5.84. The van der Waals surface area contributed by atoms with E-state index in [0.29, 0.717) is 11.8 Å². The van der Waals surface area contributed by atoms with Gasteiger partial charge in [0.25, 0.3) is 0 Å². The van der Waals surface area contributed by atoms with E-state index in [2.05, 4.69) is 31.3 Å². The molecule has 1 N–H and O–H groups in total. The second-order valence-electron chi connectivity index (χ2n) is 3.69. The van der Waals surface area contributed by atoms with Gasteiger partial charge in [0.15, 0.2) is 0 Å². The molecule has 14 heavy (non-hydrogen) atoms. The number of benzene rings is 1. The van der Waals surface area contributed by atoms with Crippen molar-refractivity contribution in [3.63, 3.8) is 0 Å². The van der Waals surface area contributed by atoms with E-state index in [-0.39, 0.29) is 0 Å². The van der Waals surface area contributed by atoms with E-state index < -0.39 is 0 Å². The predicted molar refractivity (Wildman–Crippen MR) is 63.9 cm³/mol. The van der Waals surface area contributed by atoms with Gasteiger partial charge in [0.1, 0.15) is 0 Å². The first-order valence-electron chi connectivity index (χ1n) is 5.15. The van der Waals surface area contributed by atoms with Crippen molar-refractivity contribution in [3.05, 3.63) is 29.8 Å². The van der Waals surface area contributed by atoms with Crippen molar-refractivity contribution in [2.24, 2.45) is 5.92 Å². The molecule has 1 aromatic carbocycles. The Kier molecular flexibility index (Phi) is 4.81.